The predicted octanol–water partition coefficient (Wildman–Crippen LogP) is 2.20. The van der Waals surface area contributed by atoms with Gasteiger partial charge in [0.15, 0.2) is 5.82 Å². The van der Waals surface area contributed by atoms with Gasteiger partial charge in [-0.15, -0.1) is 0 Å². The molecule has 1 unspecified atom stereocenters. The van der Waals surface area contributed by atoms with Crippen LogP contribution in [0, 0.1) is 6.92 Å². The average Bonchev–Trinajstić information content (AvgIpc) is 3.21. The molecule has 2 saturated heterocycles. The lowest BCUT2D eigenvalue weighted by Crippen LogP contribution is -2.38. The largest absolute Gasteiger partial charge is 0.376 e. The molecule has 0 aliphatic carbocycles. The van der Waals surface area contributed by atoms with Gasteiger partial charge in [-0.25, -0.2) is 9.50 Å². The smallest absolute Gasteiger partial charge is 0.154 e. The van der Waals surface area contributed by atoms with Gasteiger partial charge in [0.25, 0.3) is 0 Å². The molecule has 6 heteroatoms. The zero-order valence-electron chi connectivity index (χ0n) is 13.6. The van der Waals surface area contributed by atoms with Crippen LogP contribution in [0.4, 0.5) is 5.82 Å². The van der Waals surface area contributed by atoms with E-state index in [1.807, 2.05) is 23.8 Å². The van der Waals surface area contributed by atoms with E-state index in [0.29, 0.717) is 12.2 Å². The van der Waals surface area contributed by atoms with Crippen LogP contribution in [0.3, 0.4) is 0 Å². The van der Waals surface area contributed by atoms with Crippen LogP contribution in [0.5, 0.6) is 0 Å². The molecule has 0 spiro atoms. The number of aromatic nitrogens is 3. The molecule has 2 aliphatic heterocycles. The summed E-state index contributed by atoms with van der Waals surface area (Å²) in [5, 5.41) is 4.47. The van der Waals surface area contributed by atoms with Crippen molar-refractivity contribution in [2.24, 2.45) is 0 Å². The highest BCUT2D eigenvalue weighted by atomic mass is 16.5. The molecule has 4 heterocycles. The minimum Gasteiger partial charge on any atom is -0.376 e. The molecule has 0 amide bonds. The lowest BCUT2D eigenvalue weighted by molar-refractivity contribution is -0.0280. The Hall–Kier alpha value is -1.66. The molecular weight excluding hydrogens is 292 g/mol. The molecule has 1 atom stereocenters. The van der Waals surface area contributed by atoms with Gasteiger partial charge in [0, 0.05) is 32.1 Å². The van der Waals surface area contributed by atoms with E-state index < -0.39 is 0 Å². The molecule has 0 N–H and O–H groups in total. The van der Waals surface area contributed by atoms with Gasteiger partial charge in [-0.3, -0.25) is 0 Å². The monoisotopic (exact) mass is 316 g/mol. The molecule has 23 heavy (non-hydrogen) atoms. The molecule has 0 aromatic carbocycles. The third kappa shape index (κ3) is 3.19. The van der Waals surface area contributed by atoms with Crippen molar-refractivity contribution in [1.82, 2.24) is 14.6 Å². The van der Waals surface area contributed by atoms with Crippen LogP contribution in [-0.2, 0) is 9.47 Å². The van der Waals surface area contributed by atoms with Crippen molar-refractivity contribution in [2.75, 3.05) is 31.2 Å². The predicted molar refractivity (Wildman–Crippen MR) is 87.9 cm³/mol. The standard InChI is InChI=1S/C17H24N4O2/c1-13-11-16-17(18-6-9-21(16)19-13)20-7-4-14(5-8-20)23-12-15-3-2-10-22-15/h6,9,11,14-15H,2-5,7-8,10,12H2,1H3. The van der Waals surface area contributed by atoms with Gasteiger partial charge in [-0.1, -0.05) is 0 Å². The number of nitrogens with zero attached hydrogens (tertiary/aromatic N) is 4. The topological polar surface area (TPSA) is 51.9 Å². The highest BCUT2D eigenvalue weighted by molar-refractivity contribution is 5.69. The van der Waals surface area contributed by atoms with Gasteiger partial charge in [-0.2, -0.15) is 5.10 Å². The van der Waals surface area contributed by atoms with Crippen molar-refractivity contribution in [3.63, 3.8) is 0 Å². The summed E-state index contributed by atoms with van der Waals surface area (Å²) in [6, 6.07) is 2.10. The Balaban J connectivity index is 1.36. The van der Waals surface area contributed by atoms with Gasteiger partial charge in [0.2, 0.25) is 0 Å². The molecule has 0 saturated carbocycles. The van der Waals surface area contributed by atoms with E-state index in [2.05, 4.69) is 21.0 Å². The molecule has 124 valence electrons. The zero-order chi connectivity index (χ0) is 15.6. The van der Waals surface area contributed by atoms with E-state index in [4.69, 9.17) is 9.47 Å². The molecule has 0 bridgehead atoms. The maximum absolute atomic E-state index is 6.05. The number of ether oxygens (including phenoxy) is 2. The van der Waals surface area contributed by atoms with Crippen molar-refractivity contribution < 1.29 is 9.47 Å². The first-order chi connectivity index (χ1) is 11.3. The molecule has 0 radical (unpaired) electrons. The van der Waals surface area contributed by atoms with Crippen molar-refractivity contribution in [3.8, 4) is 0 Å². The fourth-order valence-electron chi connectivity index (χ4n) is 3.53. The number of piperidine rings is 1. The summed E-state index contributed by atoms with van der Waals surface area (Å²) in [5.41, 5.74) is 2.11. The molecular formula is C17H24N4O2. The van der Waals surface area contributed by atoms with Gasteiger partial charge >= 0.3 is 0 Å². The molecule has 2 aromatic heterocycles. The number of hydrogen-bond donors (Lipinski definition) is 0. The van der Waals surface area contributed by atoms with Gasteiger partial charge < -0.3 is 14.4 Å². The summed E-state index contributed by atoms with van der Waals surface area (Å²) < 4.78 is 13.6. The average molecular weight is 316 g/mol. The summed E-state index contributed by atoms with van der Waals surface area (Å²) in [5.74, 6) is 1.03. The molecule has 4 rings (SSSR count). The van der Waals surface area contributed by atoms with Crippen LogP contribution in [0.15, 0.2) is 18.5 Å². The second-order valence-corrected chi connectivity index (χ2v) is 6.52. The van der Waals surface area contributed by atoms with Crippen LogP contribution in [0.1, 0.15) is 31.4 Å². The second-order valence-electron chi connectivity index (χ2n) is 6.52. The summed E-state index contributed by atoms with van der Waals surface area (Å²) in [4.78, 5) is 6.93. The Bertz CT molecular complexity index is 658. The Labute approximate surface area is 136 Å². The Morgan fingerprint density at radius 3 is 2.96 bits per heavy atom. The van der Waals surface area contributed by atoms with E-state index in [1.165, 1.54) is 6.42 Å². The maximum atomic E-state index is 6.05. The van der Waals surface area contributed by atoms with E-state index in [9.17, 15) is 0 Å². The van der Waals surface area contributed by atoms with Gasteiger partial charge in [0.05, 0.1) is 24.5 Å². The first kappa shape index (κ1) is 14.9. The Morgan fingerprint density at radius 1 is 1.30 bits per heavy atom. The number of fused-ring (bicyclic) bond motifs is 1. The third-order valence-electron chi connectivity index (χ3n) is 4.78. The highest BCUT2D eigenvalue weighted by Crippen LogP contribution is 2.24. The van der Waals surface area contributed by atoms with E-state index in [0.717, 1.165) is 62.6 Å². The zero-order valence-corrected chi connectivity index (χ0v) is 13.6. The first-order valence-corrected chi connectivity index (χ1v) is 8.59. The summed E-state index contributed by atoms with van der Waals surface area (Å²) >= 11 is 0. The molecule has 6 nitrogen and oxygen atoms in total. The van der Waals surface area contributed by atoms with Crippen LogP contribution < -0.4 is 4.90 Å². The first-order valence-electron chi connectivity index (χ1n) is 8.59. The molecule has 2 fully saturated rings. The van der Waals surface area contributed by atoms with Crippen LogP contribution >= 0.6 is 0 Å². The summed E-state index contributed by atoms with van der Waals surface area (Å²) in [6.07, 6.45) is 8.81. The maximum Gasteiger partial charge on any atom is 0.154 e. The van der Waals surface area contributed by atoms with Crippen LogP contribution in [-0.4, -0.2) is 53.1 Å². The summed E-state index contributed by atoms with van der Waals surface area (Å²) in [7, 11) is 0. The highest BCUT2D eigenvalue weighted by Gasteiger charge is 2.24. The van der Waals surface area contributed by atoms with Crippen molar-refractivity contribution in [1.29, 1.82) is 0 Å². The molecule has 2 aliphatic rings. The number of aryl methyl sites for hydroxylation is 1. The van der Waals surface area contributed by atoms with E-state index in [-0.39, 0.29) is 0 Å². The third-order valence-corrected chi connectivity index (χ3v) is 4.78. The Kier molecular flexibility index (Phi) is 4.18. The second kappa shape index (κ2) is 6.45. The fourth-order valence-corrected chi connectivity index (χ4v) is 3.53. The van der Waals surface area contributed by atoms with Gasteiger partial charge in [0.1, 0.15) is 5.52 Å². The minimum absolute atomic E-state index is 0.318. The number of hydrogen-bond acceptors (Lipinski definition) is 5. The number of rotatable bonds is 4. The SMILES string of the molecule is Cc1cc2c(N3CCC(OCC4CCCO4)CC3)nccn2n1. The normalized spacial score (nSPS) is 23.0. The Morgan fingerprint density at radius 2 is 2.17 bits per heavy atom. The summed E-state index contributed by atoms with van der Waals surface area (Å²) in [6.45, 7) is 5.62. The quantitative estimate of drug-likeness (QED) is 0.865. The van der Waals surface area contributed by atoms with E-state index in [1.54, 1.807) is 0 Å². The number of anilines is 1. The van der Waals surface area contributed by atoms with Crippen molar-refractivity contribution >= 4 is 11.3 Å². The van der Waals surface area contributed by atoms with Crippen molar-refractivity contribution in [3.05, 3.63) is 24.2 Å². The minimum atomic E-state index is 0.318. The molecule has 2 aromatic rings. The lowest BCUT2D eigenvalue weighted by atomic mass is 10.1. The van der Waals surface area contributed by atoms with Crippen LogP contribution in [0.2, 0.25) is 0 Å². The van der Waals surface area contributed by atoms with Gasteiger partial charge in [-0.05, 0) is 38.7 Å². The van der Waals surface area contributed by atoms with Crippen molar-refractivity contribution in [2.45, 2.75) is 44.8 Å². The van der Waals surface area contributed by atoms with E-state index >= 15 is 0 Å². The lowest BCUT2D eigenvalue weighted by Gasteiger charge is -2.33. The fraction of sp³-hybridized carbons (Fsp3) is 0.647. The van der Waals surface area contributed by atoms with Crippen LogP contribution in [0.25, 0.3) is 5.52 Å².